The van der Waals surface area contributed by atoms with Crippen LogP contribution in [0.5, 0.6) is 0 Å². The normalized spacial score (nSPS) is 13.5. The first kappa shape index (κ1) is 10.1. The molecular formula is C8H12F2N2O. The molecule has 3 N–H and O–H groups in total. The highest BCUT2D eigenvalue weighted by Gasteiger charge is 2.15. The van der Waals surface area contributed by atoms with Crippen LogP contribution in [-0.2, 0) is 6.54 Å². The molecule has 1 heterocycles. The zero-order valence-corrected chi connectivity index (χ0v) is 7.00. The quantitative estimate of drug-likeness (QED) is 0.641. The maximum absolute atomic E-state index is 11.8. The van der Waals surface area contributed by atoms with Crippen molar-refractivity contribution in [1.82, 2.24) is 10.3 Å². The molecule has 13 heavy (non-hydrogen) atoms. The fraction of sp³-hybridized carbons (Fsp3) is 0.500. The van der Waals surface area contributed by atoms with Crippen molar-refractivity contribution in [1.29, 1.82) is 0 Å². The van der Waals surface area contributed by atoms with Crippen molar-refractivity contribution in [2.24, 2.45) is 0 Å². The summed E-state index contributed by atoms with van der Waals surface area (Å²) in [5.74, 6) is 0. The predicted molar refractivity (Wildman–Crippen MR) is 44.5 cm³/mol. The first-order chi connectivity index (χ1) is 6.20. The molecule has 1 unspecified atom stereocenters. The van der Waals surface area contributed by atoms with Gasteiger partial charge in [-0.05, 0) is 11.6 Å². The summed E-state index contributed by atoms with van der Waals surface area (Å²) >= 11 is 0. The van der Waals surface area contributed by atoms with Crippen molar-refractivity contribution in [3.63, 3.8) is 0 Å². The number of nitrogens with one attached hydrogen (secondary N) is 2. The van der Waals surface area contributed by atoms with Crippen LogP contribution in [0.1, 0.15) is 5.56 Å². The number of H-pyrrole nitrogens is 1. The second kappa shape index (κ2) is 4.94. The van der Waals surface area contributed by atoms with Gasteiger partial charge in [0.1, 0.15) is 6.10 Å². The molecule has 0 spiro atoms. The molecule has 0 radical (unpaired) electrons. The maximum Gasteiger partial charge on any atom is 0.265 e. The monoisotopic (exact) mass is 190 g/mol. The van der Waals surface area contributed by atoms with Gasteiger partial charge in [0.25, 0.3) is 6.43 Å². The van der Waals surface area contributed by atoms with Gasteiger partial charge in [0.05, 0.1) is 0 Å². The first-order valence-electron chi connectivity index (χ1n) is 3.98. The summed E-state index contributed by atoms with van der Waals surface area (Å²) in [6.07, 6.45) is -0.750. The van der Waals surface area contributed by atoms with E-state index in [2.05, 4.69) is 10.3 Å². The minimum atomic E-state index is -2.68. The Morgan fingerprint density at radius 1 is 1.54 bits per heavy atom. The van der Waals surface area contributed by atoms with Crippen molar-refractivity contribution in [2.45, 2.75) is 19.1 Å². The van der Waals surface area contributed by atoms with Gasteiger partial charge in [-0.25, -0.2) is 8.78 Å². The van der Waals surface area contributed by atoms with E-state index >= 15 is 0 Å². The number of halogens is 2. The summed E-state index contributed by atoms with van der Waals surface area (Å²) in [6, 6.07) is 1.84. The Morgan fingerprint density at radius 2 is 2.31 bits per heavy atom. The van der Waals surface area contributed by atoms with Gasteiger partial charge in [-0.1, -0.05) is 0 Å². The highest BCUT2D eigenvalue weighted by atomic mass is 19.3. The second-order valence-corrected chi connectivity index (χ2v) is 2.75. The van der Waals surface area contributed by atoms with Crippen molar-refractivity contribution >= 4 is 0 Å². The van der Waals surface area contributed by atoms with Crippen molar-refractivity contribution in [2.75, 3.05) is 6.54 Å². The lowest BCUT2D eigenvalue weighted by atomic mass is 10.3. The lowest BCUT2D eigenvalue weighted by Crippen LogP contribution is -2.31. The van der Waals surface area contributed by atoms with Crippen LogP contribution in [0.4, 0.5) is 8.78 Å². The summed E-state index contributed by atoms with van der Waals surface area (Å²) in [5, 5.41) is 11.5. The van der Waals surface area contributed by atoms with Crippen LogP contribution in [-0.4, -0.2) is 29.2 Å². The number of hydrogen-bond donors (Lipinski definition) is 3. The summed E-state index contributed by atoms with van der Waals surface area (Å²) in [7, 11) is 0. The van der Waals surface area contributed by atoms with Crippen LogP contribution in [0, 0.1) is 0 Å². The molecule has 0 saturated heterocycles. The van der Waals surface area contributed by atoms with Crippen LogP contribution in [0.15, 0.2) is 18.5 Å². The molecule has 0 amide bonds. The van der Waals surface area contributed by atoms with Crippen LogP contribution in [0.2, 0.25) is 0 Å². The van der Waals surface area contributed by atoms with E-state index in [4.69, 9.17) is 5.11 Å². The predicted octanol–water partition coefficient (Wildman–Crippen LogP) is 0.730. The fourth-order valence-corrected chi connectivity index (χ4v) is 0.922. The first-order valence-corrected chi connectivity index (χ1v) is 3.98. The second-order valence-electron chi connectivity index (χ2n) is 2.75. The molecular weight excluding hydrogens is 178 g/mol. The molecule has 0 aromatic carbocycles. The van der Waals surface area contributed by atoms with Crippen LogP contribution in [0.3, 0.4) is 0 Å². The molecule has 0 aliphatic heterocycles. The van der Waals surface area contributed by atoms with E-state index in [9.17, 15) is 8.78 Å². The minimum Gasteiger partial charge on any atom is -0.386 e. The molecule has 0 aliphatic carbocycles. The number of alkyl halides is 2. The average molecular weight is 190 g/mol. The number of aromatic amines is 1. The summed E-state index contributed by atoms with van der Waals surface area (Å²) in [5.41, 5.74) is 0.974. The van der Waals surface area contributed by atoms with E-state index < -0.39 is 12.5 Å². The number of aliphatic hydroxyl groups is 1. The van der Waals surface area contributed by atoms with E-state index in [1.54, 1.807) is 12.4 Å². The SMILES string of the molecule is OC(CNCc1cc[nH]c1)C(F)F. The van der Waals surface area contributed by atoms with Gasteiger partial charge in [0, 0.05) is 25.5 Å². The van der Waals surface area contributed by atoms with Crippen molar-refractivity contribution < 1.29 is 13.9 Å². The number of aliphatic hydroxyl groups excluding tert-OH is 1. The number of rotatable bonds is 5. The lowest BCUT2D eigenvalue weighted by Gasteiger charge is -2.09. The third-order valence-electron chi connectivity index (χ3n) is 1.64. The molecule has 0 saturated carbocycles. The Hall–Kier alpha value is -0.940. The van der Waals surface area contributed by atoms with Crippen LogP contribution in [0.25, 0.3) is 0 Å². The number of hydrogen-bond acceptors (Lipinski definition) is 2. The molecule has 0 aliphatic rings. The van der Waals surface area contributed by atoms with Crippen molar-refractivity contribution in [3.8, 4) is 0 Å². The molecule has 5 heteroatoms. The molecule has 3 nitrogen and oxygen atoms in total. The number of aromatic nitrogens is 1. The minimum absolute atomic E-state index is 0.0944. The molecule has 1 aromatic rings. The van der Waals surface area contributed by atoms with Crippen molar-refractivity contribution in [3.05, 3.63) is 24.0 Å². The maximum atomic E-state index is 11.8. The highest BCUT2D eigenvalue weighted by molar-refractivity contribution is 5.07. The standard InChI is InChI=1S/C8H12F2N2O/c9-8(10)7(13)5-12-4-6-1-2-11-3-6/h1-3,7-8,11-13H,4-5H2. The molecule has 1 atom stereocenters. The Kier molecular flexibility index (Phi) is 3.85. The van der Waals surface area contributed by atoms with Gasteiger partial charge >= 0.3 is 0 Å². The smallest absolute Gasteiger partial charge is 0.265 e. The van der Waals surface area contributed by atoms with Gasteiger partial charge in [-0.15, -0.1) is 0 Å². The Balaban J connectivity index is 2.14. The topological polar surface area (TPSA) is 48.0 Å². The Bertz CT molecular complexity index is 226. The molecule has 0 fully saturated rings. The summed E-state index contributed by atoms with van der Waals surface area (Å²) in [4.78, 5) is 2.84. The molecule has 0 bridgehead atoms. The molecule has 1 rings (SSSR count). The molecule has 74 valence electrons. The van der Waals surface area contributed by atoms with E-state index in [0.29, 0.717) is 6.54 Å². The zero-order valence-electron chi connectivity index (χ0n) is 7.00. The third kappa shape index (κ3) is 3.52. The zero-order chi connectivity index (χ0) is 9.68. The van der Waals surface area contributed by atoms with Gasteiger partial charge in [0.15, 0.2) is 0 Å². The lowest BCUT2D eigenvalue weighted by molar-refractivity contribution is -0.00340. The van der Waals surface area contributed by atoms with E-state index in [-0.39, 0.29) is 6.54 Å². The molecule has 1 aromatic heterocycles. The fourth-order valence-electron chi connectivity index (χ4n) is 0.922. The van der Waals surface area contributed by atoms with Gasteiger partial charge in [0.2, 0.25) is 0 Å². The van der Waals surface area contributed by atoms with Gasteiger partial charge < -0.3 is 15.4 Å². The highest BCUT2D eigenvalue weighted by Crippen LogP contribution is 2.00. The average Bonchev–Trinajstić information content (AvgIpc) is 2.56. The van der Waals surface area contributed by atoms with Gasteiger partial charge in [-0.2, -0.15) is 0 Å². The summed E-state index contributed by atoms with van der Waals surface area (Å²) in [6.45, 7) is 0.385. The van der Waals surface area contributed by atoms with E-state index in [1.165, 1.54) is 0 Å². The van der Waals surface area contributed by atoms with Crippen LogP contribution >= 0.6 is 0 Å². The Labute approximate surface area is 74.8 Å². The Morgan fingerprint density at radius 3 is 2.85 bits per heavy atom. The van der Waals surface area contributed by atoms with Crippen LogP contribution < -0.4 is 5.32 Å². The largest absolute Gasteiger partial charge is 0.386 e. The van der Waals surface area contributed by atoms with E-state index in [0.717, 1.165) is 5.56 Å². The summed E-state index contributed by atoms with van der Waals surface area (Å²) < 4.78 is 23.6. The van der Waals surface area contributed by atoms with E-state index in [1.807, 2.05) is 6.07 Å². The van der Waals surface area contributed by atoms with Gasteiger partial charge in [-0.3, -0.25) is 0 Å². The third-order valence-corrected chi connectivity index (χ3v) is 1.64.